The van der Waals surface area contributed by atoms with Gasteiger partial charge in [-0.05, 0) is 36.0 Å². The number of hydrogen-bond donors (Lipinski definition) is 2. The summed E-state index contributed by atoms with van der Waals surface area (Å²) >= 11 is 0. The van der Waals surface area contributed by atoms with Crippen LogP contribution in [0.15, 0.2) is 24.5 Å². The quantitative estimate of drug-likeness (QED) is 0.461. The van der Waals surface area contributed by atoms with Crippen LogP contribution in [0.5, 0.6) is 11.6 Å². The standard InChI is InChI=1S/C27H27F2N7O5/c28-19-9-20(39-12-16-1-4-31-34-16)23(29)18-8-15(7-17(18)19)11-35-5-2-27(3-6-35)14-36(26(38)41-27)21-10-30-25-24(32-21)33-22(37)13-40-25/h1,4,9-10,15H,2-3,5-8,11-14H2,(H,31,34)(H,32,33,37). The van der Waals surface area contributed by atoms with Crippen molar-refractivity contribution in [1.82, 2.24) is 25.1 Å². The average Bonchev–Trinajstić information content (AvgIpc) is 3.71. The number of benzene rings is 1. The zero-order chi connectivity index (χ0) is 28.1. The predicted octanol–water partition coefficient (Wildman–Crippen LogP) is 2.59. The van der Waals surface area contributed by atoms with Gasteiger partial charge < -0.3 is 24.4 Å². The molecule has 3 aliphatic heterocycles. The fourth-order valence-corrected chi connectivity index (χ4v) is 6.08. The molecule has 2 amide bonds. The monoisotopic (exact) mass is 567 g/mol. The number of rotatable bonds is 6. The van der Waals surface area contributed by atoms with Crippen molar-refractivity contribution < 1.29 is 32.6 Å². The van der Waals surface area contributed by atoms with Gasteiger partial charge >= 0.3 is 6.09 Å². The summed E-state index contributed by atoms with van der Waals surface area (Å²) in [6.07, 6.45) is 4.60. The lowest BCUT2D eigenvalue weighted by molar-refractivity contribution is -0.118. The molecule has 5 heterocycles. The molecule has 2 saturated heterocycles. The van der Waals surface area contributed by atoms with Crippen molar-refractivity contribution >= 4 is 23.6 Å². The molecule has 1 spiro atoms. The molecule has 2 fully saturated rings. The molecule has 214 valence electrons. The van der Waals surface area contributed by atoms with Crippen LogP contribution in [-0.2, 0) is 29.0 Å². The average molecular weight is 568 g/mol. The number of carbonyl (C=O) groups is 2. The van der Waals surface area contributed by atoms with Crippen LogP contribution in [-0.4, -0.2) is 75.5 Å². The predicted molar refractivity (Wildman–Crippen MR) is 139 cm³/mol. The minimum atomic E-state index is -0.664. The van der Waals surface area contributed by atoms with Gasteiger partial charge in [-0.15, -0.1) is 0 Å². The van der Waals surface area contributed by atoms with Crippen LogP contribution in [0, 0.1) is 17.6 Å². The Labute approximate surface area is 233 Å². The first kappa shape index (κ1) is 25.6. The van der Waals surface area contributed by atoms with E-state index in [2.05, 4.69) is 30.4 Å². The lowest BCUT2D eigenvalue weighted by Crippen LogP contribution is -2.48. The van der Waals surface area contributed by atoms with Crippen LogP contribution < -0.4 is 19.7 Å². The van der Waals surface area contributed by atoms with E-state index in [0.717, 1.165) is 6.07 Å². The van der Waals surface area contributed by atoms with Gasteiger partial charge in [-0.3, -0.25) is 14.8 Å². The third kappa shape index (κ3) is 4.81. The molecule has 12 nitrogen and oxygen atoms in total. The van der Waals surface area contributed by atoms with Gasteiger partial charge in [-0.2, -0.15) is 5.10 Å². The summed E-state index contributed by atoms with van der Waals surface area (Å²) in [5.41, 5.74) is 0.808. The maximum atomic E-state index is 15.2. The Kier molecular flexibility index (Phi) is 6.21. The number of nitrogens with one attached hydrogen (secondary N) is 2. The van der Waals surface area contributed by atoms with Gasteiger partial charge in [-0.25, -0.2) is 23.5 Å². The van der Waals surface area contributed by atoms with Crippen molar-refractivity contribution in [3.8, 4) is 11.6 Å². The number of nitrogens with zero attached hydrogens (tertiary/aromatic N) is 5. The van der Waals surface area contributed by atoms with Gasteiger partial charge in [0.05, 0.1) is 18.4 Å². The van der Waals surface area contributed by atoms with Crippen LogP contribution in [0.2, 0.25) is 0 Å². The number of anilines is 2. The number of piperidine rings is 1. The van der Waals surface area contributed by atoms with Crippen LogP contribution >= 0.6 is 0 Å². The number of aromatic amines is 1. The summed E-state index contributed by atoms with van der Waals surface area (Å²) in [6.45, 7) is 2.29. The Bertz CT molecular complexity index is 1510. The zero-order valence-corrected chi connectivity index (χ0v) is 22.0. The van der Waals surface area contributed by atoms with Gasteiger partial charge in [0.1, 0.15) is 18.0 Å². The number of likely N-dealkylation sites (tertiary alicyclic amines) is 1. The number of halogens is 2. The molecule has 0 saturated carbocycles. The third-order valence-corrected chi connectivity index (χ3v) is 8.17. The van der Waals surface area contributed by atoms with E-state index in [-0.39, 0.29) is 48.3 Å². The SMILES string of the molecule is O=C1COc2ncc(N3CC4(CCN(CC5Cc6c(F)cc(OCc7ccn[nH]7)c(F)c6C5)CC4)OC3=O)nc2N1. The minimum absolute atomic E-state index is 0.0664. The molecule has 0 radical (unpaired) electrons. The second-order valence-electron chi connectivity index (χ2n) is 10.9. The van der Waals surface area contributed by atoms with E-state index < -0.39 is 23.3 Å². The fourth-order valence-electron chi connectivity index (χ4n) is 6.08. The van der Waals surface area contributed by atoms with Gasteiger partial charge in [0.25, 0.3) is 11.8 Å². The minimum Gasteiger partial charge on any atom is -0.484 e. The van der Waals surface area contributed by atoms with Crippen molar-refractivity contribution in [2.24, 2.45) is 5.92 Å². The van der Waals surface area contributed by atoms with E-state index >= 15 is 4.39 Å². The van der Waals surface area contributed by atoms with Crippen molar-refractivity contribution in [1.29, 1.82) is 0 Å². The van der Waals surface area contributed by atoms with Crippen molar-refractivity contribution in [2.45, 2.75) is 37.9 Å². The second kappa shape index (κ2) is 9.94. The molecule has 3 aromatic rings. The molecule has 4 aliphatic rings. The van der Waals surface area contributed by atoms with Gasteiger partial charge in [0.15, 0.2) is 29.8 Å². The highest BCUT2D eigenvalue weighted by atomic mass is 19.1. The molecule has 2 N–H and O–H groups in total. The van der Waals surface area contributed by atoms with E-state index in [4.69, 9.17) is 14.2 Å². The van der Waals surface area contributed by atoms with Crippen LogP contribution in [0.25, 0.3) is 0 Å². The Morgan fingerprint density at radius 3 is 2.80 bits per heavy atom. The molecular formula is C27H27F2N7O5. The maximum absolute atomic E-state index is 15.2. The van der Waals surface area contributed by atoms with Crippen LogP contribution in [0.3, 0.4) is 0 Å². The first-order chi connectivity index (χ1) is 19.9. The first-order valence-electron chi connectivity index (χ1n) is 13.5. The molecule has 2 aromatic heterocycles. The fraction of sp³-hybridized carbons (Fsp3) is 0.444. The summed E-state index contributed by atoms with van der Waals surface area (Å²) in [4.78, 5) is 36.6. The number of hydrogen-bond acceptors (Lipinski definition) is 9. The third-order valence-electron chi connectivity index (χ3n) is 8.17. The summed E-state index contributed by atoms with van der Waals surface area (Å²) in [5.74, 6) is -0.670. The zero-order valence-electron chi connectivity index (χ0n) is 22.0. The lowest BCUT2D eigenvalue weighted by atomic mass is 9.90. The smallest absolute Gasteiger partial charge is 0.416 e. The van der Waals surface area contributed by atoms with Crippen LogP contribution in [0.4, 0.5) is 25.2 Å². The molecule has 0 bridgehead atoms. The topological polar surface area (TPSA) is 135 Å². The van der Waals surface area contributed by atoms with E-state index in [1.165, 1.54) is 11.1 Å². The van der Waals surface area contributed by atoms with Gasteiger partial charge in [-0.1, -0.05) is 0 Å². The number of amides is 2. The Morgan fingerprint density at radius 1 is 1.17 bits per heavy atom. The Morgan fingerprint density at radius 2 is 2.00 bits per heavy atom. The highest BCUT2D eigenvalue weighted by Gasteiger charge is 2.48. The second-order valence-corrected chi connectivity index (χ2v) is 10.9. The highest BCUT2D eigenvalue weighted by molar-refractivity contribution is 5.94. The van der Waals surface area contributed by atoms with Gasteiger partial charge in [0, 0.05) is 44.7 Å². The van der Waals surface area contributed by atoms with Crippen molar-refractivity contribution in [3.63, 3.8) is 0 Å². The highest BCUT2D eigenvalue weighted by Crippen LogP contribution is 2.39. The van der Waals surface area contributed by atoms with Crippen molar-refractivity contribution in [3.05, 3.63) is 53.0 Å². The number of H-pyrrole nitrogens is 1. The summed E-state index contributed by atoms with van der Waals surface area (Å²) in [6, 6.07) is 2.84. The molecule has 1 unspecified atom stereocenters. The van der Waals surface area contributed by atoms with Gasteiger partial charge in [0.2, 0.25) is 0 Å². The lowest BCUT2D eigenvalue weighted by Gasteiger charge is -2.38. The molecule has 41 heavy (non-hydrogen) atoms. The molecule has 1 atom stereocenters. The number of carbonyl (C=O) groups excluding carboxylic acids is 2. The van der Waals surface area contributed by atoms with Crippen LogP contribution in [0.1, 0.15) is 29.7 Å². The van der Waals surface area contributed by atoms with E-state index in [9.17, 15) is 14.0 Å². The number of aromatic nitrogens is 4. The normalized spacial score (nSPS) is 21.3. The maximum Gasteiger partial charge on any atom is 0.416 e. The summed E-state index contributed by atoms with van der Waals surface area (Å²) < 4.78 is 46.8. The number of fused-ring (bicyclic) bond motifs is 2. The van der Waals surface area contributed by atoms with Crippen molar-refractivity contribution in [2.75, 3.05) is 43.0 Å². The summed E-state index contributed by atoms with van der Waals surface area (Å²) in [7, 11) is 0. The summed E-state index contributed by atoms with van der Waals surface area (Å²) in [5, 5.41) is 9.17. The molecule has 14 heteroatoms. The Balaban J connectivity index is 0.961. The van der Waals surface area contributed by atoms with E-state index in [0.29, 0.717) is 68.7 Å². The molecule has 1 aliphatic carbocycles. The van der Waals surface area contributed by atoms with E-state index in [1.54, 1.807) is 12.3 Å². The molecular weight excluding hydrogens is 540 g/mol. The van der Waals surface area contributed by atoms with E-state index in [1.807, 2.05) is 0 Å². The molecule has 1 aromatic carbocycles. The number of ether oxygens (including phenoxy) is 3. The Hall–Kier alpha value is -4.33. The molecule has 7 rings (SSSR count). The first-order valence-corrected chi connectivity index (χ1v) is 13.5. The largest absolute Gasteiger partial charge is 0.484 e.